The van der Waals surface area contributed by atoms with Crippen molar-refractivity contribution in [2.45, 2.75) is 12.1 Å². The van der Waals surface area contributed by atoms with Crippen molar-refractivity contribution < 1.29 is 9.53 Å². The molecule has 0 bridgehead atoms. The number of aromatic nitrogens is 4. The van der Waals surface area contributed by atoms with Crippen LogP contribution in [0.25, 0.3) is 5.78 Å². The maximum Gasteiger partial charge on any atom is 0.343 e. The largest absolute Gasteiger partial charge is 0.465 e. The number of hydrogen-bond acceptors (Lipinski definition) is 7. The van der Waals surface area contributed by atoms with Crippen LogP contribution in [-0.4, -0.2) is 38.4 Å². The van der Waals surface area contributed by atoms with E-state index < -0.39 is 5.97 Å². The summed E-state index contributed by atoms with van der Waals surface area (Å²) in [4.78, 5) is 19.6. The predicted molar refractivity (Wildman–Crippen MR) is 62.9 cm³/mol. The van der Waals surface area contributed by atoms with E-state index in [1.54, 1.807) is 0 Å². The average Bonchev–Trinajstić information content (AvgIpc) is 2.73. The van der Waals surface area contributed by atoms with Crippen molar-refractivity contribution in [1.82, 2.24) is 19.6 Å². The Kier molecular flexibility index (Phi) is 3.14. The molecule has 0 radical (unpaired) electrons. The molecule has 2 rings (SSSR count). The highest BCUT2D eigenvalue weighted by atomic mass is 32.2. The number of methoxy groups -OCH3 is 1. The molecule has 0 unspecified atom stereocenters. The van der Waals surface area contributed by atoms with Crippen LogP contribution in [0.2, 0.25) is 0 Å². The van der Waals surface area contributed by atoms with E-state index in [0.717, 1.165) is 5.75 Å². The lowest BCUT2D eigenvalue weighted by atomic mass is 10.3. The number of rotatable bonds is 3. The molecule has 0 fully saturated rings. The molecule has 0 spiro atoms. The number of nitrogens with zero attached hydrogens (tertiary/aromatic N) is 4. The zero-order valence-corrected chi connectivity index (χ0v) is 10.2. The Morgan fingerprint density at radius 2 is 2.41 bits per heavy atom. The van der Waals surface area contributed by atoms with Crippen molar-refractivity contribution in [2.24, 2.45) is 0 Å². The molecule has 2 heterocycles. The quantitative estimate of drug-likeness (QED) is 0.632. The van der Waals surface area contributed by atoms with Crippen LogP contribution in [0.4, 0.5) is 5.82 Å². The van der Waals surface area contributed by atoms with Crippen molar-refractivity contribution in [3.63, 3.8) is 0 Å². The van der Waals surface area contributed by atoms with E-state index in [4.69, 9.17) is 5.73 Å². The summed E-state index contributed by atoms with van der Waals surface area (Å²) in [6.45, 7) is 1.99. The number of hydrogen-bond donors (Lipinski definition) is 1. The smallest absolute Gasteiger partial charge is 0.343 e. The molecular weight excluding hydrogens is 242 g/mol. The van der Waals surface area contributed by atoms with Crippen LogP contribution < -0.4 is 5.73 Å². The van der Waals surface area contributed by atoms with Crippen molar-refractivity contribution >= 4 is 29.3 Å². The molecule has 17 heavy (non-hydrogen) atoms. The first-order valence-electron chi connectivity index (χ1n) is 4.89. The fraction of sp³-hybridized carbons (Fsp3) is 0.333. The van der Waals surface area contributed by atoms with Crippen molar-refractivity contribution in [1.29, 1.82) is 0 Å². The van der Waals surface area contributed by atoms with Gasteiger partial charge >= 0.3 is 5.97 Å². The second kappa shape index (κ2) is 4.58. The molecular formula is C9H11N5O2S. The van der Waals surface area contributed by atoms with Crippen LogP contribution in [0.3, 0.4) is 0 Å². The fourth-order valence-corrected chi connectivity index (χ4v) is 1.83. The topological polar surface area (TPSA) is 95.4 Å². The highest BCUT2D eigenvalue weighted by molar-refractivity contribution is 7.99. The van der Waals surface area contributed by atoms with Crippen LogP contribution in [-0.2, 0) is 4.74 Å². The van der Waals surface area contributed by atoms with Gasteiger partial charge in [0.15, 0.2) is 0 Å². The third-order valence-electron chi connectivity index (χ3n) is 2.06. The normalized spacial score (nSPS) is 10.7. The number of anilines is 1. The minimum atomic E-state index is -0.544. The average molecular weight is 253 g/mol. The molecule has 90 valence electrons. The summed E-state index contributed by atoms with van der Waals surface area (Å²) in [5.74, 6) is 0.848. The van der Waals surface area contributed by atoms with E-state index in [0.29, 0.717) is 10.9 Å². The van der Waals surface area contributed by atoms with Crippen LogP contribution in [0, 0.1) is 0 Å². The van der Waals surface area contributed by atoms with Crippen LogP contribution >= 0.6 is 11.8 Å². The van der Waals surface area contributed by atoms with Gasteiger partial charge in [-0.25, -0.2) is 9.78 Å². The first-order chi connectivity index (χ1) is 8.17. The third kappa shape index (κ3) is 2.03. The number of carbonyl (C=O) groups is 1. The summed E-state index contributed by atoms with van der Waals surface area (Å²) >= 11 is 1.47. The summed E-state index contributed by atoms with van der Waals surface area (Å²) in [7, 11) is 1.28. The number of esters is 1. The summed E-state index contributed by atoms with van der Waals surface area (Å²) < 4.78 is 5.93. The number of nitrogen functional groups attached to an aromatic ring is 1. The van der Waals surface area contributed by atoms with E-state index in [1.807, 2.05) is 6.92 Å². The van der Waals surface area contributed by atoms with Gasteiger partial charge in [0.1, 0.15) is 11.4 Å². The molecule has 0 aromatic carbocycles. The molecule has 0 saturated carbocycles. The molecule has 0 atom stereocenters. The SMILES string of the molecule is CCSc1nc2ncc(C(=O)OC)c(N)n2n1. The molecule has 8 heteroatoms. The van der Waals surface area contributed by atoms with Gasteiger partial charge in [-0.15, -0.1) is 5.10 Å². The number of thioether (sulfide) groups is 1. The van der Waals surface area contributed by atoms with Crippen LogP contribution in [0.15, 0.2) is 11.4 Å². The summed E-state index contributed by atoms with van der Waals surface area (Å²) in [5, 5.41) is 4.73. The van der Waals surface area contributed by atoms with Crippen molar-refractivity contribution in [3.05, 3.63) is 11.8 Å². The minimum Gasteiger partial charge on any atom is -0.465 e. The van der Waals surface area contributed by atoms with Gasteiger partial charge in [-0.2, -0.15) is 9.50 Å². The molecule has 2 aromatic rings. The van der Waals surface area contributed by atoms with E-state index in [-0.39, 0.29) is 11.4 Å². The van der Waals surface area contributed by atoms with Gasteiger partial charge in [0.25, 0.3) is 5.78 Å². The van der Waals surface area contributed by atoms with E-state index >= 15 is 0 Å². The van der Waals surface area contributed by atoms with Gasteiger partial charge in [-0.05, 0) is 5.75 Å². The molecule has 0 amide bonds. The highest BCUT2D eigenvalue weighted by Crippen LogP contribution is 2.17. The van der Waals surface area contributed by atoms with E-state index in [2.05, 4.69) is 19.8 Å². The maximum absolute atomic E-state index is 11.4. The Morgan fingerprint density at radius 1 is 1.65 bits per heavy atom. The van der Waals surface area contributed by atoms with Crippen molar-refractivity contribution in [2.75, 3.05) is 18.6 Å². The highest BCUT2D eigenvalue weighted by Gasteiger charge is 2.16. The van der Waals surface area contributed by atoms with Crippen LogP contribution in [0.1, 0.15) is 17.3 Å². The second-order valence-corrected chi connectivity index (χ2v) is 4.32. The van der Waals surface area contributed by atoms with Crippen molar-refractivity contribution in [3.8, 4) is 0 Å². The third-order valence-corrected chi connectivity index (χ3v) is 2.78. The summed E-state index contributed by atoms with van der Waals surface area (Å²) in [6.07, 6.45) is 1.34. The molecule has 2 N–H and O–H groups in total. The number of nitrogens with two attached hydrogens (primary N) is 1. The first-order valence-corrected chi connectivity index (χ1v) is 5.88. The monoisotopic (exact) mass is 253 g/mol. The Hall–Kier alpha value is -1.83. The molecule has 0 aliphatic rings. The molecule has 7 nitrogen and oxygen atoms in total. The lowest BCUT2D eigenvalue weighted by molar-refractivity contribution is 0.0601. The molecule has 0 aliphatic carbocycles. The zero-order valence-electron chi connectivity index (χ0n) is 9.38. The van der Waals surface area contributed by atoms with E-state index in [9.17, 15) is 4.79 Å². The first kappa shape index (κ1) is 11.6. The lowest BCUT2D eigenvalue weighted by Crippen LogP contribution is -2.11. The minimum absolute atomic E-state index is 0.178. The van der Waals surface area contributed by atoms with E-state index in [1.165, 1.54) is 29.6 Å². The van der Waals surface area contributed by atoms with Gasteiger partial charge in [-0.3, -0.25) is 0 Å². The predicted octanol–water partition coefficient (Wildman–Crippen LogP) is 0.605. The van der Waals surface area contributed by atoms with Crippen LogP contribution in [0.5, 0.6) is 0 Å². The van der Waals surface area contributed by atoms with Gasteiger partial charge < -0.3 is 10.5 Å². The zero-order chi connectivity index (χ0) is 12.4. The molecule has 2 aromatic heterocycles. The standard InChI is InChI=1S/C9H11N5O2S/c1-3-17-9-12-8-11-4-5(7(15)16-2)6(10)14(8)13-9/h4H,3,10H2,1-2H3. The molecule has 0 saturated heterocycles. The molecule has 0 aliphatic heterocycles. The number of ether oxygens (including phenoxy) is 1. The lowest BCUT2D eigenvalue weighted by Gasteiger charge is -2.03. The van der Waals surface area contributed by atoms with Gasteiger partial charge in [0, 0.05) is 6.20 Å². The maximum atomic E-state index is 11.4. The second-order valence-electron chi connectivity index (χ2n) is 3.09. The number of fused-ring (bicyclic) bond motifs is 1. The van der Waals surface area contributed by atoms with Gasteiger partial charge in [-0.1, -0.05) is 18.7 Å². The number of carbonyl (C=O) groups excluding carboxylic acids is 1. The fourth-order valence-electron chi connectivity index (χ4n) is 1.29. The Bertz CT molecular complexity index is 568. The summed E-state index contributed by atoms with van der Waals surface area (Å²) in [5.41, 5.74) is 5.99. The Labute approximate surface area is 101 Å². The summed E-state index contributed by atoms with van der Waals surface area (Å²) in [6, 6.07) is 0. The Morgan fingerprint density at radius 3 is 3.06 bits per heavy atom. The van der Waals surface area contributed by atoms with Gasteiger partial charge in [0.05, 0.1) is 7.11 Å². The van der Waals surface area contributed by atoms with Gasteiger partial charge in [0.2, 0.25) is 5.16 Å². The Balaban J connectivity index is 2.54.